The highest BCUT2D eigenvalue weighted by Gasteiger charge is 2.23. The molecule has 4 rings (SSSR count). The van der Waals surface area contributed by atoms with Gasteiger partial charge in [0.15, 0.2) is 0 Å². The lowest BCUT2D eigenvalue weighted by Gasteiger charge is -2.14. The number of hydrogen-bond acceptors (Lipinski definition) is 4. The van der Waals surface area contributed by atoms with E-state index >= 15 is 0 Å². The number of halogens is 1. The van der Waals surface area contributed by atoms with Crippen LogP contribution in [0.3, 0.4) is 0 Å². The molecule has 0 amide bonds. The fraction of sp³-hybridized carbons (Fsp3) is 0.323. The molecule has 1 aromatic heterocycles. The van der Waals surface area contributed by atoms with Crippen LogP contribution in [0.15, 0.2) is 72.8 Å². The zero-order valence-corrected chi connectivity index (χ0v) is 22.2. The zero-order chi connectivity index (χ0) is 26.1. The minimum absolute atomic E-state index is 0.0158. The Bertz CT molecular complexity index is 1350. The molecule has 194 valence electrons. The second-order valence-corrected chi connectivity index (χ2v) is 10.3. The maximum atomic E-state index is 11.4. The first kappa shape index (κ1) is 27.1. The quantitative estimate of drug-likeness (QED) is 0.186. The van der Waals surface area contributed by atoms with Crippen LogP contribution in [-0.4, -0.2) is 0 Å². The van der Waals surface area contributed by atoms with E-state index in [4.69, 9.17) is 4.29 Å². The molecule has 0 saturated heterocycles. The maximum Gasteiger partial charge on any atom is 0.296 e. The summed E-state index contributed by atoms with van der Waals surface area (Å²) in [6.07, 6.45) is 13.9. The van der Waals surface area contributed by atoms with Gasteiger partial charge < -0.3 is 0 Å². The second kappa shape index (κ2) is 13.0. The van der Waals surface area contributed by atoms with Gasteiger partial charge in [-0.1, -0.05) is 86.1 Å². The SMILES string of the molecule is CCCCCCCCCC[n+]1c(C=Cc2c(O[Cl+3]([O-])([O-])[O-])ccc3ccccc23)ccc2ccccc21. The third kappa shape index (κ3) is 7.53. The Hall–Kier alpha value is -2.96. The lowest BCUT2D eigenvalue weighted by Crippen LogP contribution is -2.63. The van der Waals surface area contributed by atoms with E-state index in [0.29, 0.717) is 5.56 Å². The molecule has 0 bridgehead atoms. The third-order valence-corrected chi connectivity index (χ3v) is 7.09. The van der Waals surface area contributed by atoms with Gasteiger partial charge >= 0.3 is 0 Å². The summed E-state index contributed by atoms with van der Waals surface area (Å²) in [6, 6.07) is 23.4. The minimum Gasteiger partial charge on any atom is -0.192 e. The molecule has 0 unspecified atom stereocenters. The van der Waals surface area contributed by atoms with Crippen molar-refractivity contribution < 1.29 is 33.1 Å². The van der Waals surface area contributed by atoms with Crippen molar-refractivity contribution in [2.45, 2.75) is 64.8 Å². The number of nitrogens with zero attached hydrogens (tertiary/aromatic N) is 1. The zero-order valence-electron chi connectivity index (χ0n) is 21.4. The maximum absolute atomic E-state index is 11.4. The number of para-hydroxylation sites is 1. The second-order valence-electron chi connectivity index (χ2n) is 9.43. The molecule has 0 spiro atoms. The van der Waals surface area contributed by atoms with Gasteiger partial charge in [0.25, 0.3) is 5.75 Å². The van der Waals surface area contributed by atoms with Gasteiger partial charge in [-0.3, -0.25) is 0 Å². The summed E-state index contributed by atoms with van der Waals surface area (Å²) in [4.78, 5) is 0. The molecule has 0 aliphatic heterocycles. The summed E-state index contributed by atoms with van der Waals surface area (Å²) in [5.41, 5.74) is 2.71. The number of fused-ring (bicyclic) bond motifs is 2. The van der Waals surface area contributed by atoms with Gasteiger partial charge in [-0.25, -0.2) is 0 Å². The molecule has 5 nitrogen and oxygen atoms in total. The summed E-state index contributed by atoms with van der Waals surface area (Å²) in [5, 5.41) is 2.91. The monoisotopic (exact) mass is 520 g/mol. The molecule has 4 aromatic rings. The number of hydrogen-bond donors (Lipinski definition) is 0. The van der Waals surface area contributed by atoms with Crippen LogP contribution < -0.4 is 22.8 Å². The number of pyridine rings is 1. The van der Waals surface area contributed by atoms with Crippen molar-refractivity contribution in [1.29, 1.82) is 0 Å². The van der Waals surface area contributed by atoms with Crippen LogP contribution >= 0.6 is 0 Å². The highest BCUT2D eigenvalue weighted by atomic mass is 35.7. The average molecular weight is 521 g/mol. The molecule has 0 aliphatic rings. The molecule has 3 aromatic carbocycles. The largest absolute Gasteiger partial charge is 0.296 e. The first-order chi connectivity index (χ1) is 18.0. The van der Waals surface area contributed by atoms with Gasteiger partial charge in [-0.15, -0.1) is 0 Å². The fourth-order valence-electron chi connectivity index (χ4n) is 4.86. The molecule has 0 N–H and O–H groups in total. The van der Waals surface area contributed by atoms with Crippen molar-refractivity contribution in [2.24, 2.45) is 0 Å². The molecule has 1 heterocycles. The van der Waals surface area contributed by atoms with Crippen LogP contribution in [0.5, 0.6) is 5.75 Å². The van der Waals surface area contributed by atoms with Crippen molar-refractivity contribution in [3.8, 4) is 5.75 Å². The van der Waals surface area contributed by atoms with Crippen LogP contribution in [0.1, 0.15) is 69.5 Å². The van der Waals surface area contributed by atoms with E-state index in [-0.39, 0.29) is 5.75 Å². The van der Waals surface area contributed by atoms with E-state index in [9.17, 15) is 14.0 Å². The minimum atomic E-state index is -4.60. The molecule has 6 heteroatoms. The Morgan fingerprint density at radius 3 is 2.11 bits per heavy atom. The molecular formula is C31H35ClNO4+. The van der Waals surface area contributed by atoms with Gasteiger partial charge in [-0.05, 0) is 47.5 Å². The predicted molar refractivity (Wildman–Crippen MR) is 140 cm³/mol. The first-order valence-electron chi connectivity index (χ1n) is 13.2. The Morgan fingerprint density at radius 1 is 0.703 bits per heavy atom. The topological polar surface area (TPSA) is 82.3 Å². The lowest BCUT2D eigenvalue weighted by molar-refractivity contribution is -1.91. The first-order valence-corrected chi connectivity index (χ1v) is 14.4. The van der Waals surface area contributed by atoms with Crippen LogP contribution in [0.4, 0.5) is 0 Å². The fourth-order valence-corrected chi connectivity index (χ4v) is 5.20. The van der Waals surface area contributed by atoms with E-state index in [1.807, 2.05) is 42.5 Å². The molecule has 0 fully saturated rings. The Morgan fingerprint density at radius 2 is 1.35 bits per heavy atom. The van der Waals surface area contributed by atoms with Crippen molar-refractivity contribution in [2.75, 3.05) is 0 Å². The van der Waals surface area contributed by atoms with Gasteiger partial charge in [0.05, 0.1) is 0 Å². The molecule has 0 radical (unpaired) electrons. The van der Waals surface area contributed by atoms with Crippen molar-refractivity contribution in [3.63, 3.8) is 0 Å². The van der Waals surface area contributed by atoms with Gasteiger partial charge in [0.1, 0.15) is 16.8 Å². The molecule has 0 aliphatic carbocycles. The number of rotatable bonds is 13. The summed E-state index contributed by atoms with van der Waals surface area (Å²) in [6.45, 7) is 3.13. The van der Waals surface area contributed by atoms with Crippen LogP contribution in [-0.2, 0) is 6.54 Å². The van der Waals surface area contributed by atoms with E-state index in [1.165, 1.54) is 56.4 Å². The van der Waals surface area contributed by atoms with Gasteiger partial charge in [-0.2, -0.15) is 18.5 Å². The van der Waals surface area contributed by atoms with Crippen LogP contribution in [0.2, 0.25) is 0 Å². The van der Waals surface area contributed by atoms with Crippen molar-refractivity contribution in [3.05, 3.63) is 84.1 Å². The average Bonchev–Trinajstić information content (AvgIpc) is 2.89. The molecule has 0 atom stereocenters. The van der Waals surface area contributed by atoms with E-state index < -0.39 is 10.2 Å². The van der Waals surface area contributed by atoms with Crippen LogP contribution in [0.25, 0.3) is 33.8 Å². The highest BCUT2D eigenvalue weighted by molar-refractivity contribution is 5.95. The summed E-state index contributed by atoms with van der Waals surface area (Å²) >= 11 is 0. The van der Waals surface area contributed by atoms with Gasteiger partial charge in [0.2, 0.25) is 11.2 Å². The van der Waals surface area contributed by atoms with Crippen molar-refractivity contribution >= 4 is 33.8 Å². The van der Waals surface area contributed by atoms with E-state index in [0.717, 1.165) is 34.9 Å². The summed E-state index contributed by atoms with van der Waals surface area (Å²) < 4.78 is 41.2. The number of aryl methyl sites for hydroxylation is 1. The van der Waals surface area contributed by atoms with Crippen molar-refractivity contribution in [1.82, 2.24) is 0 Å². The number of unbranched alkanes of at least 4 members (excludes halogenated alkanes) is 7. The molecule has 0 saturated carbocycles. The normalized spacial score (nSPS) is 12.1. The number of benzene rings is 3. The van der Waals surface area contributed by atoms with Gasteiger partial charge in [0, 0.05) is 35.6 Å². The highest BCUT2D eigenvalue weighted by Crippen LogP contribution is 2.31. The van der Waals surface area contributed by atoms with Crippen LogP contribution in [0, 0.1) is 10.2 Å². The summed E-state index contributed by atoms with van der Waals surface area (Å²) in [7, 11) is -4.60. The lowest BCUT2D eigenvalue weighted by atomic mass is 10.0. The van der Waals surface area contributed by atoms with E-state index in [2.05, 4.69) is 41.8 Å². The molecular weight excluding hydrogens is 486 g/mol. The standard InChI is InChI=1S/C31H35ClNO4/c1-2-3-4-5-6-7-8-13-24-33-27(20-18-26-15-10-12-17-30(26)33)21-22-29-28-16-11-9-14-25(28)19-23-31(29)37-32(34,35)36/h9-12,14-23H,2-8,13,24H2,1H3/q+1. The Labute approximate surface area is 221 Å². The molecule has 37 heavy (non-hydrogen) atoms. The summed E-state index contributed by atoms with van der Waals surface area (Å²) in [5.74, 6) is 0.0158. The smallest absolute Gasteiger partial charge is 0.192 e. The predicted octanol–water partition coefficient (Wildman–Crippen LogP) is 4.87. The number of aromatic nitrogens is 1. The third-order valence-electron chi connectivity index (χ3n) is 6.74. The van der Waals surface area contributed by atoms with E-state index in [1.54, 1.807) is 6.07 Å². The Balaban J connectivity index is 1.62. The Kier molecular flexibility index (Phi) is 9.53.